The molecule has 2 unspecified atom stereocenters. The van der Waals surface area contributed by atoms with Crippen molar-refractivity contribution < 1.29 is 14.3 Å². The molecule has 1 rings (SSSR count). The molecule has 0 aliphatic carbocycles. The Labute approximate surface area is 129 Å². The van der Waals surface area contributed by atoms with Crippen LogP contribution in [0.5, 0.6) is 0 Å². The van der Waals surface area contributed by atoms with Crippen LogP contribution < -0.4 is 5.73 Å². The van der Waals surface area contributed by atoms with Gasteiger partial charge in [-0.05, 0) is 31.1 Å². The summed E-state index contributed by atoms with van der Waals surface area (Å²) in [5.74, 6) is 0.644. The molecule has 1 heterocycles. The van der Waals surface area contributed by atoms with E-state index in [1.165, 1.54) is 5.54 Å². The molecule has 5 nitrogen and oxygen atoms in total. The molecule has 2 N–H and O–H groups in total. The van der Waals surface area contributed by atoms with Gasteiger partial charge < -0.3 is 10.5 Å². The van der Waals surface area contributed by atoms with Gasteiger partial charge in [-0.1, -0.05) is 25.1 Å². The molecule has 2 atom stereocenters. The molecule has 0 radical (unpaired) electrons. The first kappa shape index (κ1) is 18.7. The Bertz CT molecular complexity index is 550. The summed E-state index contributed by atoms with van der Waals surface area (Å²) in [6, 6.07) is 2.31. The van der Waals surface area contributed by atoms with E-state index in [0.29, 0.717) is 11.6 Å². The van der Waals surface area contributed by atoms with Crippen LogP contribution in [0.15, 0.2) is 47.1 Å². The van der Waals surface area contributed by atoms with E-state index < -0.39 is 0 Å². The van der Waals surface area contributed by atoms with E-state index in [1.807, 2.05) is 13.8 Å². The Kier molecular flexibility index (Phi) is 8.55. The van der Waals surface area contributed by atoms with Crippen LogP contribution in [0.25, 0.3) is 0 Å². The second-order valence-corrected chi connectivity index (χ2v) is 4.42. The summed E-state index contributed by atoms with van der Waals surface area (Å²) in [6.07, 6.45) is 4.30. The van der Waals surface area contributed by atoms with E-state index in [1.54, 1.807) is 12.2 Å². The molecule has 0 amide bonds. The third-order valence-corrected chi connectivity index (χ3v) is 3.26. The van der Waals surface area contributed by atoms with Gasteiger partial charge in [-0.2, -0.15) is 14.9 Å². The maximum absolute atomic E-state index is 9.27. The summed E-state index contributed by atoms with van der Waals surface area (Å²) in [7, 11) is 0. The van der Waals surface area contributed by atoms with Crippen LogP contribution in [0.2, 0.25) is 0 Å². The highest BCUT2D eigenvalue weighted by atomic mass is 35.5. The van der Waals surface area contributed by atoms with Crippen LogP contribution in [-0.2, 0) is 14.3 Å². The normalized spacial score (nSPS) is 19.0. The number of hydrogen-bond acceptors (Lipinski definition) is 5. The van der Waals surface area contributed by atoms with E-state index in [2.05, 4.69) is 12.6 Å². The van der Waals surface area contributed by atoms with Gasteiger partial charge in [-0.15, -0.1) is 0 Å². The molecule has 0 aromatic carbocycles. The summed E-state index contributed by atoms with van der Waals surface area (Å²) >= 11 is 5.66. The number of ether oxygens (including phenoxy) is 1. The highest BCUT2D eigenvalue weighted by Crippen LogP contribution is 2.38. The van der Waals surface area contributed by atoms with Gasteiger partial charge in [0.1, 0.15) is 5.76 Å². The molecule has 1 aliphatic rings. The van der Waals surface area contributed by atoms with Crippen LogP contribution in [0.1, 0.15) is 20.3 Å². The van der Waals surface area contributed by atoms with E-state index in [0.717, 1.165) is 17.6 Å². The lowest BCUT2D eigenvalue weighted by atomic mass is 9.78. The van der Waals surface area contributed by atoms with Crippen molar-refractivity contribution in [2.45, 2.75) is 20.3 Å². The standard InChI is InChI=1S/C14H17ClN2O.CO2/c1-4-10(8-16)13-9(3)14(17)18-12(5-2)11(13)6-7-15;2-1-3/h5-7,10,13H,2,4,17H2,1,3H3;/b7-6+;. The Morgan fingerprint density at radius 1 is 1.57 bits per heavy atom. The zero-order valence-electron chi connectivity index (χ0n) is 11.9. The minimum Gasteiger partial charge on any atom is -0.441 e. The fourth-order valence-corrected chi connectivity index (χ4v) is 2.27. The smallest absolute Gasteiger partial charge is 0.373 e. The van der Waals surface area contributed by atoms with Crippen LogP contribution in [0.4, 0.5) is 0 Å². The highest BCUT2D eigenvalue weighted by Gasteiger charge is 2.32. The lowest BCUT2D eigenvalue weighted by molar-refractivity contribution is -0.191. The maximum Gasteiger partial charge on any atom is 0.373 e. The average Bonchev–Trinajstić information content (AvgIpc) is 2.47. The zero-order valence-corrected chi connectivity index (χ0v) is 12.7. The molecule has 0 bridgehead atoms. The molecular formula is C15H17ClN2O3. The minimum atomic E-state index is -0.162. The Morgan fingerprint density at radius 3 is 2.52 bits per heavy atom. The molecule has 0 saturated heterocycles. The zero-order chi connectivity index (χ0) is 16.4. The number of allylic oxidation sites excluding steroid dienone is 4. The topological polar surface area (TPSA) is 93.2 Å². The predicted octanol–water partition coefficient (Wildman–Crippen LogP) is 2.98. The van der Waals surface area contributed by atoms with Gasteiger partial charge in [0, 0.05) is 17.0 Å². The quantitative estimate of drug-likeness (QED) is 0.861. The van der Waals surface area contributed by atoms with Gasteiger partial charge in [-0.3, -0.25) is 0 Å². The first-order valence-corrected chi connectivity index (χ1v) is 6.62. The number of rotatable bonds is 4. The molecule has 0 saturated carbocycles. The number of nitrogens with two attached hydrogens (primary N) is 1. The molecule has 0 spiro atoms. The van der Waals surface area contributed by atoms with E-state index >= 15 is 0 Å². The SMILES string of the molecule is C=CC1=C(/C=C/Cl)C(C(C#N)CC)C(C)=C(N)O1.O=C=O. The lowest BCUT2D eigenvalue weighted by Crippen LogP contribution is -2.25. The lowest BCUT2D eigenvalue weighted by Gasteiger charge is -2.30. The van der Waals surface area contributed by atoms with Crippen molar-refractivity contribution in [1.82, 2.24) is 0 Å². The van der Waals surface area contributed by atoms with Crippen molar-refractivity contribution in [2.24, 2.45) is 17.6 Å². The maximum atomic E-state index is 9.27. The Balaban J connectivity index is 0.00000122. The van der Waals surface area contributed by atoms with Gasteiger partial charge in [0.15, 0.2) is 5.88 Å². The number of nitrogens with zero attached hydrogens (tertiary/aromatic N) is 1. The fourth-order valence-electron chi connectivity index (χ4n) is 2.13. The minimum absolute atomic E-state index is 0.100. The van der Waals surface area contributed by atoms with Crippen molar-refractivity contribution in [3.63, 3.8) is 0 Å². The summed E-state index contributed by atoms with van der Waals surface area (Å²) in [5.41, 5.74) is 8.97. The number of halogens is 1. The van der Waals surface area contributed by atoms with Crippen LogP contribution in [0, 0.1) is 23.2 Å². The van der Waals surface area contributed by atoms with Gasteiger partial charge in [-0.25, -0.2) is 0 Å². The molecule has 1 aliphatic heterocycles. The van der Waals surface area contributed by atoms with Crippen LogP contribution >= 0.6 is 11.6 Å². The predicted molar refractivity (Wildman–Crippen MR) is 78.1 cm³/mol. The third kappa shape index (κ3) is 4.64. The summed E-state index contributed by atoms with van der Waals surface area (Å²) in [5, 5.41) is 9.27. The van der Waals surface area contributed by atoms with Crippen molar-refractivity contribution in [3.8, 4) is 6.07 Å². The number of nitriles is 1. The largest absolute Gasteiger partial charge is 0.441 e. The molecular weight excluding hydrogens is 292 g/mol. The summed E-state index contributed by atoms with van der Waals surface area (Å²) < 4.78 is 5.48. The van der Waals surface area contributed by atoms with Gasteiger partial charge in [0.2, 0.25) is 0 Å². The van der Waals surface area contributed by atoms with Crippen molar-refractivity contribution in [2.75, 3.05) is 0 Å². The van der Waals surface area contributed by atoms with Gasteiger partial charge in [0.25, 0.3) is 0 Å². The van der Waals surface area contributed by atoms with Crippen molar-refractivity contribution >= 4 is 17.8 Å². The molecule has 0 aromatic heterocycles. The molecule has 0 aromatic rings. The molecule has 6 heteroatoms. The number of carbonyl (C=O) groups excluding carboxylic acids is 2. The monoisotopic (exact) mass is 308 g/mol. The summed E-state index contributed by atoms with van der Waals surface area (Å²) in [4.78, 5) is 16.2. The van der Waals surface area contributed by atoms with E-state index in [-0.39, 0.29) is 18.0 Å². The second kappa shape index (κ2) is 9.60. The molecule has 0 fully saturated rings. The second-order valence-electron chi connectivity index (χ2n) is 4.17. The van der Waals surface area contributed by atoms with Crippen LogP contribution in [0.3, 0.4) is 0 Å². The average molecular weight is 309 g/mol. The molecule has 21 heavy (non-hydrogen) atoms. The van der Waals surface area contributed by atoms with Crippen molar-refractivity contribution in [1.29, 1.82) is 5.26 Å². The van der Waals surface area contributed by atoms with Crippen molar-refractivity contribution in [3.05, 3.63) is 47.1 Å². The van der Waals surface area contributed by atoms with Gasteiger partial charge in [0.05, 0.1) is 12.0 Å². The van der Waals surface area contributed by atoms with E-state index in [4.69, 9.17) is 31.7 Å². The fraction of sp³-hybridized carbons (Fsp3) is 0.333. The van der Waals surface area contributed by atoms with Gasteiger partial charge >= 0.3 is 6.15 Å². The van der Waals surface area contributed by atoms with E-state index in [9.17, 15) is 5.26 Å². The first-order chi connectivity index (χ1) is 10.0. The number of hydrogen-bond donors (Lipinski definition) is 1. The Morgan fingerprint density at radius 2 is 2.14 bits per heavy atom. The molecule has 112 valence electrons. The van der Waals surface area contributed by atoms with Crippen LogP contribution in [-0.4, -0.2) is 6.15 Å². The first-order valence-electron chi connectivity index (χ1n) is 6.18. The Hall–Kier alpha value is -2.28. The third-order valence-electron chi connectivity index (χ3n) is 3.13. The summed E-state index contributed by atoms with van der Waals surface area (Å²) in [6.45, 7) is 7.55. The highest BCUT2D eigenvalue weighted by molar-refractivity contribution is 6.25.